The SMILES string of the molecule is NC1=C(c2cccc(C(F)(F)F)c2)C(=O)C(=CC2CC2)S1. The first-order chi connectivity index (χ1) is 9.86. The largest absolute Gasteiger partial charge is 0.416 e. The first-order valence-electron chi connectivity index (χ1n) is 6.48. The van der Waals surface area contributed by atoms with E-state index in [1.807, 2.05) is 6.08 Å². The van der Waals surface area contributed by atoms with E-state index in [9.17, 15) is 18.0 Å². The molecule has 3 rings (SSSR count). The molecule has 2 nitrogen and oxygen atoms in total. The minimum absolute atomic E-state index is 0.179. The number of hydrogen-bond acceptors (Lipinski definition) is 3. The molecule has 110 valence electrons. The average molecular weight is 311 g/mol. The van der Waals surface area contributed by atoms with Crippen LogP contribution in [0.4, 0.5) is 13.2 Å². The van der Waals surface area contributed by atoms with Gasteiger partial charge < -0.3 is 5.73 Å². The van der Waals surface area contributed by atoms with Gasteiger partial charge in [-0.05, 0) is 36.5 Å². The summed E-state index contributed by atoms with van der Waals surface area (Å²) in [5, 5.41) is 0.270. The lowest BCUT2D eigenvalue weighted by Crippen LogP contribution is -2.07. The predicted octanol–water partition coefficient (Wildman–Crippen LogP) is 3.94. The zero-order valence-corrected chi connectivity index (χ0v) is 11.7. The van der Waals surface area contributed by atoms with Gasteiger partial charge in [-0.1, -0.05) is 30.0 Å². The van der Waals surface area contributed by atoms with Crippen molar-refractivity contribution in [3.8, 4) is 0 Å². The van der Waals surface area contributed by atoms with E-state index >= 15 is 0 Å². The second-order valence-electron chi connectivity index (χ2n) is 5.12. The predicted molar refractivity (Wildman–Crippen MR) is 76.0 cm³/mol. The number of ketones is 1. The third kappa shape index (κ3) is 2.85. The lowest BCUT2D eigenvalue weighted by atomic mass is 10.00. The first-order valence-corrected chi connectivity index (χ1v) is 7.29. The van der Waals surface area contributed by atoms with Crippen LogP contribution in [-0.2, 0) is 11.0 Å². The highest BCUT2D eigenvalue weighted by molar-refractivity contribution is 8.08. The van der Waals surface area contributed by atoms with Gasteiger partial charge in [0.1, 0.15) is 0 Å². The maximum absolute atomic E-state index is 12.8. The van der Waals surface area contributed by atoms with Gasteiger partial charge in [-0.15, -0.1) is 0 Å². The summed E-state index contributed by atoms with van der Waals surface area (Å²) in [7, 11) is 0. The lowest BCUT2D eigenvalue weighted by Gasteiger charge is -2.09. The van der Waals surface area contributed by atoms with Gasteiger partial charge in [0.15, 0.2) is 0 Å². The normalized spacial score (nSPS) is 21.5. The molecule has 0 radical (unpaired) electrons. The quantitative estimate of drug-likeness (QED) is 0.841. The Balaban J connectivity index is 1.96. The van der Waals surface area contributed by atoms with Crippen LogP contribution in [0.1, 0.15) is 24.0 Å². The molecule has 0 atom stereocenters. The summed E-state index contributed by atoms with van der Waals surface area (Å²) in [5.74, 6) is 0.133. The summed E-state index contributed by atoms with van der Waals surface area (Å²) in [6.45, 7) is 0. The Morgan fingerprint density at radius 1 is 1.29 bits per heavy atom. The van der Waals surface area contributed by atoms with E-state index in [1.165, 1.54) is 12.1 Å². The molecular weight excluding hydrogens is 299 g/mol. The van der Waals surface area contributed by atoms with Crippen molar-refractivity contribution in [2.75, 3.05) is 0 Å². The van der Waals surface area contributed by atoms with Crippen LogP contribution in [0.15, 0.2) is 40.3 Å². The van der Waals surface area contributed by atoms with E-state index in [4.69, 9.17) is 5.73 Å². The lowest BCUT2D eigenvalue weighted by molar-refractivity contribution is -0.137. The molecule has 0 spiro atoms. The number of Topliss-reactive ketones (excluding diaryl/α,β-unsaturated/α-hetero) is 1. The number of thioether (sulfide) groups is 1. The van der Waals surface area contributed by atoms with Gasteiger partial charge >= 0.3 is 6.18 Å². The molecular formula is C15H12F3NOS. The number of halogens is 3. The van der Waals surface area contributed by atoms with Crippen molar-refractivity contribution < 1.29 is 18.0 Å². The van der Waals surface area contributed by atoms with Gasteiger partial charge in [0, 0.05) is 0 Å². The number of carbonyl (C=O) groups excluding carboxylic acids is 1. The third-order valence-electron chi connectivity index (χ3n) is 3.40. The van der Waals surface area contributed by atoms with E-state index in [0.29, 0.717) is 10.8 Å². The number of allylic oxidation sites excluding steroid dienone is 3. The topological polar surface area (TPSA) is 43.1 Å². The molecule has 6 heteroatoms. The summed E-state index contributed by atoms with van der Waals surface area (Å²) in [5.41, 5.74) is 5.47. The number of hydrogen-bond donors (Lipinski definition) is 1. The number of carbonyl (C=O) groups is 1. The van der Waals surface area contributed by atoms with Crippen molar-refractivity contribution >= 4 is 23.1 Å². The average Bonchev–Trinajstić information content (AvgIpc) is 3.16. The van der Waals surface area contributed by atoms with Gasteiger partial charge in [0.2, 0.25) is 5.78 Å². The van der Waals surface area contributed by atoms with Gasteiger partial charge in [-0.3, -0.25) is 4.79 Å². The monoisotopic (exact) mass is 311 g/mol. The Bertz CT molecular complexity index is 672. The van der Waals surface area contributed by atoms with Crippen molar-refractivity contribution in [3.05, 3.63) is 51.4 Å². The highest BCUT2D eigenvalue weighted by atomic mass is 32.2. The van der Waals surface area contributed by atoms with Crippen molar-refractivity contribution in [1.29, 1.82) is 0 Å². The van der Waals surface area contributed by atoms with Crippen LogP contribution in [0.25, 0.3) is 5.57 Å². The number of alkyl halides is 3. The molecule has 0 saturated heterocycles. The van der Waals surface area contributed by atoms with Crippen LogP contribution in [0.3, 0.4) is 0 Å². The van der Waals surface area contributed by atoms with Crippen LogP contribution in [0.5, 0.6) is 0 Å². The van der Waals surface area contributed by atoms with Gasteiger partial charge in [0.25, 0.3) is 0 Å². The summed E-state index contributed by atoms with van der Waals surface area (Å²) in [4.78, 5) is 12.9. The zero-order valence-electron chi connectivity index (χ0n) is 10.9. The van der Waals surface area contributed by atoms with E-state index in [1.54, 1.807) is 0 Å². The van der Waals surface area contributed by atoms with Crippen molar-refractivity contribution in [1.82, 2.24) is 0 Å². The molecule has 1 fully saturated rings. The molecule has 1 aromatic rings. The van der Waals surface area contributed by atoms with E-state index in [-0.39, 0.29) is 21.9 Å². The smallest absolute Gasteiger partial charge is 0.393 e. The first kappa shape index (κ1) is 14.3. The summed E-state index contributed by atoms with van der Waals surface area (Å²) < 4.78 is 38.3. The molecule has 2 aliphatic rings. The fraction of sp³-hybridized carbons (Fsp3) is 0.267. The number of benzene rings is 1. The Morgan fingerprint density at radius 2 is 2.00 bits per heavy atom. The molecule has 1 aromatic carbocycles. The fourth-order valence-electron chi connectivity index (χ4n) is 2.16. The van der Waals surface area contributed by atoms with Crippen molar-refractivity contribution in [3.63, 3.8) is 0 Å². The Labute approximate surface area is 123 Å². The van der Waals surface area contributed by atoms with Crippen LogP contribution < -0.4 is 5.73 Å². The van der Waals surface area contributed by atoms with E-state index in [0.717, 1.165) is 36.7 Å². The van der Waals surface area contributed by atoms with Gasteiger partial charge in [0.05, 0.1) is 21.1 Å². The Morgan fingerprint density at radius 3 is 2.62 bits per heavy atom. The summed E-state index contributed by atoms with van der Waals surface area (Å²) in [6.07, 6.45) is -0.459. The highest BCUT2D eigenvalue weighted by Gasteiger charge is 2.34. The molecule has 1 saturated carbocycles. The zero-order chi connectivity index (χ0) is 15.2. The Kier molecular flexibility index (Phi) is 3.36. The molecule has 0 bridgehead atoms. The molecule has 1 aliphatic carbocycles. The third-order valence-corrected chi connectivity index (χ3v) is 4.37. The van der Waals surface area contributed by atoms with Gasteiger partial charge in [-0.25, -0.2) is 0 Å². The fourth-order valence-corrected chi connectivity index (χ4v) is 3.17. The standard InChI is InChI=1S/C15H12F3NOS/c16-15(17,18)10-3-1-2-9(7-10)12-13(20)11(21-14(12)19)6-8-4-5-8/h1-3,6-8H,4-5,19H2. The molecule has 0 amide bonds. The molecule has 1 heterocycles. The molecule has 0 aromatic heterocycles. The summed E-state index contributed by atoms with van der Waals surface area (Å²) in [6, 6.07) is 4.73. The van der Waals surface area contributed by atoms with Crippen LogP contribution >= 0.6 is 11.8 Å². The second-order valence-corrected chi connectivity index (χ2v) is 6.20. The van der Waals surface area contributed by atoms with E-state index < -0.39 is 11.7 Å². The number of rotatable bonds is 2. The number of nitrogens with two attached hydrogens (primary N) is 1. The second kappa shape index (κ2) is 4.94. The summed E-state index contributed by atoms with van der Waals surface area (Å²) >= 11 is 1.15. The maximum atomic E-state index is 12.8. The van der Waals surface area contributed by atoms with Crippen LogP contribution in [0.2, 0.25) is 0 Å². The minimum Gasteiger partial charge on any atom is -0.393 e. The molecule has 21 heavy (non-hydrogen) atoms. The van der Waals surface area contributed by atoms with Crippen LogP contribution in [0, 0.1) is 5.92 Å². The Hall–Kier alpha value is -1.69. The molecule has 1 aliphatic heterocycles. The van der Waals surface area contributed by atoms with Crippen LogP contribution in [-0.4, -0.2) is 5.78 Å². The molecule has 2 N–H and O–H groups in total. The van der Waals surface area contributed by atoms with Crippen molar-refractivity contribution in [2.45, 2.75) is 19.0 Å². The highest BCUT2D eigenvalue weighted by Crippen LogP contribution is 2.44. The molecule has 0 unspecified atom stereocenters. The maximum Gasteiger partial charge on any atom is 0.416 e. The van der Waals surface area contributed by atoms with Crippen molar-refractivity contribution in [2.24, 2.45) is 11.7 Å². The van der Waals surface area contributed by atoms with Gasteiger partial charge in [-0.2, -0.15) is 13.2 Å². The van der Waals surface area contributed by atoms with E-state index in [2.05, 4.69) is 0 Å². The minimum atomic E-state index is -4.44.